The highest BCUT2D eigenvalue weighted by Crippen LogP contribution is 2.21. The molecule has 0 aliphatic carbocycles. The molecular weight excluding hydrogens is 227 g/mol. The number of nitrogens with one attached hydrogen (secondary N) is 2. The Labute approximate surface area is 110 Å². The molecule has 0 spiro atoms. The summed E-state index contributed by atoms with van der Waals surface area (Å²) in [6.45, 7) is 14.9. The molecule has 1 aromatic rings. The number of benzene rings is 1. The topological polar surface area (TPSA) is 35.9 Å². The molecule has 0 saturated carbocycles. The lowest BCUT2D eigenvalue weighted by Gasteiger charge is -2.10. The molecule has 0 aliphatic heterocycles. The molecule has 0 fully saturated rings. The molecule has 0 amide bonds. The van der Waals surface area contributed by atoms with Crippen LogP contribution in [-0.2, 0) is 0 Å². The van der Waals surface area contributed by atoms with E-state index in [1.54, 1.807) is 19.9 Å². The summed E-state index contributed by atoms with van der Waals surface area (Å²) in [5.41, 5.74) is 1.91. The molecule has 2 nitrogen and oxygen atoms in total. The molecule has 0 heterocycles. The number of halogens is 1. The van der Waals surface area contributed by atoms with Gasteiger partial charge in [0.1, 0.15) is 5.82 Å². The maximum absolute atomic E-state index is 13.5. The number of hydrogen-bond donors (Lipinski definition) is 2. The molecule has 0 aromatic heterocycles. The minimum absolute atomic E-state index is 0.201. The summed E-state index contributed by atoms with van der Waals surface area (Å²) in [4.78, 5) is 0. The molecule has 1 aromatic carbocycles. The van der Waals surface area contributed by atoms with Crippen LogP contribution in [0.2, 0.25) is 0 Å². The summed E-state index contributed by atoms with van der Waals surface area (Å²) in [5.74, 6) is -0.373. The predicted molar refractivity (Wildman–Crippen MR) is 80.2 cm³/mol. The highest BCUT2D eigenvalue weighted by Gasteiger charge is 2.10. The molecule has 0 radical (unpaired) electrons. The van der Waals surface area contributed by atoms with Gasteiger partial charge in [-0.1, -0.05) is 34.3 Å². The van der Waals surface area contributed by atoms with Gasteiger partial charge in [0.25, 0.3) is 0 Å². The second kappa shape index (κ2) is 10.5. The number of hydrogen-bond acceptors (Lipinski definition) is 2. The Morgan fingerprint density at radius 1 is 1.28 bits per heavy atom. The Morgan fingerprint density at radius 2 is 1.78 bits per heavy atom. The van der Waals surface area contributed by atoms with E-state index in [4.69, 9.17) is 5.41 Å². The van der Waals surface area contributed by atoms with E-state index in [-0.39, 0.29) is 11.5 Å². The van der Waals surface area contributed by atoms with Crippen LogP contribution in [0, 0.1) is 18.2 Å². The van der Waals surface area contributed by atoms with Gasteiger partial charge in [-0.15, -0.1) is 0 Å². The summed E-state index contributed by atoms with van der Waals surface area (Å²) in [5, 5.41) is 10.3. The van der Waals surface area contributed by atoms with Gasteiger partial charge in [0.15, 0.2) is 0 Å². The Kier molecular flexibility index (Phi) is 10.9. The van der Waals surface area contributed by atoms with Gasteiger partial charge in [-0.05, 0) is 37.7 Å². The molecule has 0 saturated heterocycles. The monoisotopic (exact) mass is 252 g/mol. The Bertz CT molecular complexity index is 384. The van der Waals surface area contributed by atoms with Crippen LogP contribution in [0.25, 0.3) is 0 Å². The molecule has 0 unspecified atom stereocenters. The second-order valence-electron chi connectivity index (χ2n) is 3.14. The first-order valence-corrected chi connectivity index (χ1v) is 6.29. The number of aryl methyl sites for hydroxylation is 1. The molecule has 102 valence electrons. The molecule has 1 rings (SSSR count). The summed E-state index contributed by atoms with van der Waals surface area (Å²) < 4.78 is 13.5. The third-order valence-corrected chi connectivity index (χ3v) is 1.87. The fourth-order valence-corrected chi connectivity index (χ4v) is 1.35. The average molecular weight is 252 g/mol. The van der Waals surface area contributed by atoms with Crippen molar-refractivity contribution in [2.45, 2.75) is 41.5 Å². The van der Waals surface area contributed by atoms with Crippen molar-refractivity contribution in [3.63, 3.8) is 0 Å². The van der Waals surface area contributed by atoms with Crippen LogP contribution in [0.15, 0.2) is 24.9 Å². The Morgan fingerprint density at radius 3 is 2.17 bits per heavy atom. The second-order valence-corrected chi connectivity index (χ2v) is 3.14. The SMILES string of the molecule is C=CNc1cc(C)cc(F)c1C(C)=N.CC.CC. The number of anilines is 1. The van der Waals surface area contributed by atoms with E-state index < -0.39 is 0 Å². The molecule has 3 heteroatoms. The van der Waals surface area contributed by atoms with Gasteiger partial charge in [-0.25, -0.2) is 4.39 Å². The van der Waals surface area contributed by atoms with Crippen LogP contribution >= 0.6 is 0 Å². The molecule has 2 N–H and O–H groups in total. The van der Waals surface area contributed by atoms with Crippen LogP contribution in [0.3, 0.4) is 0 Å². The molecule has 0 bridgehead atoms. The highest BCUT2D eigenvalue weighted by atomic mass is 19.1. The number of rotatable bonds is 3. The van der Waals surface area contributed by atoms with Crippen molar-refractivity contribution in [3.05, 3.63) is 41.9 Å². The lowest BCUT2D eigenvalue weighted by Crippen LogP contribution is -2.03. The van der Waals surface area contributed by atoms with Crippen molar-refractivity contribution < 1.29 is 4.39 Å². The van der Waals surface area contributed by atoms with Gasteiger partial charge in [-0.2, -0.15) is 0 Å². The zero-order valence-corrected chi connectivity index (χ0v) is 12.3. The van der Waals surface area contributed by atoms with Crippen LogP contribution in [0.5, 0.6) is 0 Å². The lowest BCUT2D eigenvalue weighted by atomic mass is 10.1. The van der Waals surface area contributed by atoms with Gasteiger partial charge in [0.2, 0.25) is 0 Å². The van der Waals surface area contributed by atoms with E-state index in [1.165, 1.54) is 12.3 Å². The predicted octanol–water partition coefficient (Wildman–Crippen LogP) is 5.13. The van der Waals surface area contributed by atoms with Crippen molar-refractivity contribution in [1.29, 1.82) is 5.41 Å². The molecule has 0 atom stereocenters. The van der Waals surface area contributed by atoms with Gasteiger partial charge < -0.3 is 10.7 Å². The summed E-state index contributed by atoms with van der Waals surface area (Å²) in [7, 11) is 0. The first-order chi connectivity index (χ1) is 8.56. The highest BCUT2D eigenvalue weighted by molar-refractivity contribution is 6.01. The maximum atomic E-state index is 13.5. The first kappa shape index (κ1) is 18.7. The minimum Gasteiger partial charge on any atom is -0.362 e. The average Bonchev–Trinajstić information content (AvgIpc) is 2.33. The molecule has 0 aliphatic rings. The zero-order valence-electron chi connectivity index (χ0n) is 12.3. The molecular formula is C15H25FN2. The van der Waals surface area contributed by atoms with Crippen molar-refractivity contribution in [2.24, 2.45) is 0 Å². The lowest BCUT2D eigenvalue weighted by molar-refractivity contribution is 0.624. The third-order valence-electron chi connectivity index (χ3n) is 1.87. The first-order valence-electron chi connectivity index (χ1n) is 6.29. The molecule has 18 heavy (non-hydrogen) atoms. The van der Waals surface area contributed by atoms with Crippen molar-refractivity contribution in [1.82, 2.24) is 0 Å². The normalized spacial score (nSPS) is 8.17. The smallest absolute Gasteiger partial charge is 0.134 e. The Balaban J connectivity index is 0. The van der Waals surface area contributed by atoms with Crippen LogP contribution in [0.4, 0.5) is 10.1 Å². The Hall–Kier alpha value is -1.64. The van der Waals surface area contributed by atoms with Crippen molar-refractivity contribution in [3.8, 4) is 0 Å². The maximum Gasteiger partial charge on any atom is 0.134 e. The van der Waals surface area contributed by atoms with Gasteiger partial charge in [0.05, 0.1) is 11.3 Å². The summed E-state index contributed by atoms with van der Waals surface area (Å²) >= 11 is 0. The van der Waals surface area contributed by atoms with Crippen molar-refractivity contribution in [2.75, 3.05) is 5.32 Å². The zero-order chi connectivity index (χ0) is 14.7. The van der Waals surface area contributed by atoms with E-state index in [0.29, 0.717) is 11.3 Å². The minimum atomic E-state index is -0.373. The van der Waals surface area contributed by atoms with Crippen LogP contribution < -0.4 is 5.32 Å². The van der Waals surface area contributed by atoms with E-state index in [9.17, 15) is 4.39 Å². The van der Waals surface area contributed by atoms with E-state index in [1.807, 2.05) is 27.7 Å². The van der Waals surface area contributed by atoms with E-state index in [2.05, 4.69) is 11.9 Å². The summed E-state index contributed by atoms with van der Waals surface area (Å²) in [6.07, 6.45) is 1.47. The largest absolute Gasteiger partial charge is 0.362 e. The standard InChI is InChI=1S/C11H13FN2.2C2H6/c1-4-14-10-6-7(2)5-9(12)11(10)8(3)13;2*1-2/h4-6,13-14H,1H2,2-3H3;2*1-2H3. The third kappa shape index (κ3) is 5.62. The van der Waals surface area contributed by atoms with Gasteiger partial charge in [0, 0.05) is 5.71 Å². The van der Waals surface area contributed by atoms with E-state index in [0.717, 1.165) is 5.56 Å². The van der Waals surface area contributed by atoms with Crippen LogP contribution in [-0.4, -0.2) is 5.71 Å². The van der Waals surface area contributed by atoms with Crippen molar-refractivity contribution >= 4 is 11.4 Å². The van der Waals surface area contributed by atoms with Gasteiger partial charge >= 0.3 is 0 Å². The quantitative estimate of drug-likeness (QED) is 0.719. The van der Waals surface area contributed by atoms with Crippen LogP contribution in [0.1, 0.15) is 45.7 Å². The fraction of sp³-hybridized carbons (Fsp3) is 0.400. The van der Waals surface area contributed by atoms with Gasteiger partial charge in [-0.3, -0.25) is 0 Å². The fourth-order valence-electron chi connectivity index (χ4n) is 1.35. The summed E-state index contributed by atoms with van der Waals surface area (Å²) in [6, 6.07) is 3.21. The van der Waals surface area contributed by atoms with E-state index >= 15 is 0 Å².